The molecule has 2 aromatic rings. The van der Waals surface area contributed by atoms with Gasteiger partial charge in [0.15, 0.2) is 5.72 Å². The van der Waals surface area contributed by atoms with Crippen LogP contribution in [0.1, 0.15) is 35.8 Å². The van der Waals surface area contributed by atoms with Crippen LogP contribution in [0.15, 0.2) is 35.0 Å². The number of rotatable bonds is 3. The number of carbonyl (C=O) groups excluding carboxylic acids is 2. The van der Waals surface area contributed by atoms with Crippen LogP contribution in [0.4, 0.5) is 0 Å². The Morgan fingerprint density at radius 3 is 2.85 bits per heavy atom. The van der Waals surface area contributed by atoms with Crippen molar-refractivity contribution in [3.8, 4) is 0 Å². The predicted molar refractivity (Wildman–Crippen MR) is 92.2 cm³/mol. The van der Waals surface area contributed by atoms with Gasteiger partial charge in [0, 0.05) is 13.0 Å². The van der Waals surface area contributed by atoms with Crippen molar-refractivity contribution in [2.45, 2.75) is 44.0 Å². The summed E-state index contributed by atoms with van der Waals surface area (Å²) in [5, 5.41) is 7.53. The summed E-state index contributed by atoms with van der Waals surface area (Å²) in [7, 11) is 0. The molecule has 2 amide bonds. The van der Waals surface area contributed by atoms with Crippen LogP contribution >= 0.6 is 0 Å². The summed E-state index contributed by atoms with van der Waals surface area (Å²) < 4.78 is 10.9. The molecular formula is C19H20N4O4. The van der Waals surface area contributed by atoms with Crippen LogP contribution in [0.2, 0.25) is 0 Å². The number of aromatic nitrogens is 2. The van der Waals surface area contributed by atoms with Crippen molar-refractivity contribution in [1.82, 2.24) is 20.1 Å². The van der Waals surface area contributed by atoms with Gasteiger partial charge in [-0.3, -0.25) is 9.59 Å². The van der Waals surface area contributed by atoms with Gasteiger partial charge in [0.25, 0.3) is 0 Å². The highest BCUT2D eigenvalue weighted by molar-refractivity contribution is 5.85. The molecule has 3 saturated heterocycles. The summed E-state index contributed by atoms with van der Waals surface area (Å²) in [5.74, 6) is -0.0276. The van der Waals surface area contributed by atoms with Gasteiger partial charge >= 0.3 is 0 Å². The lowest BCUT2D eigenvalue weighted by molar-refractivity contribution is -0.141. The molecule has 27 heavy (non-hydrogen) atoms. The van der Waals surface area contributed by atoms with Gasteiger partial charge in [-0.2, -0.15) is 0 Å². The van der Waals surface area contributed by atoms with E-state index in [2.05, 4.69) is 14.9 Å². The highest BCUT2D eigenvalue weighted by Gasteiger charge is 2.65. The smallest absolute Gasteiger partial charge is 0.229 e. The highest BCUT2D eigenvalue weighted by Crippen LogP contribution is 2.51. The van der Waals surface area contributed by atoms with Crippen LogP contribution < -0.4 is 0 Å². The lowest BCUT2D eigenvalue weighted by Gasteiger charge is -2.33. The Bertz CT molecular complexity index is 898. The number of amides is 2. The molecule has 1 aromatic carbocycles. The number of carbonyl (C=O) groups is 2. The maximum atomic E-state index is 12.9. The molecule has 5 rings (SSSR count). The fourth-order valence-corrected chi connectivity index (χ4v) is 4.72. The first-order valence-corrected chi connectivity index (χ1v) is 9.19. The van der Waals surface area contributed by atoms with Crippen LogP contribution in [-0.2, 0) is 20.7 Å². The van der Waals surface area contributed by atoms with E-state index in [1.54, 1.807) is 11.8 Å². The predicted octanol–water partition coefficient (Wildman–Crippen LogP) is 1.22. The monoisotopic (exact) mass is 368 g/mol. The first-order valence-electron chi connectivity index (χ1n) is 9.19. The molecule has 3 atom stereocenters. The van der Waals surface area contributed by atoms with E-state index in [1.807, 2.05) is 35.2 Å². The molecular weight excluding hydrogens is 348 g/mol. The van der Waals surface area contributed by atoms with Crippen molar-refractivity contribution in [3.63, 3.8) is 0 Å². The maximum absolute atomic E-state index is 12.9. The normalized spacial score (nSPS) is 29.3. The van der Waals surface area contributed by atoms with Crippen molar-refractivity contribution in [3.05, 3.63) is 47.3 Å². The molecule has 0 saturated carbocycles. The summed E-state index contributed by atoms with van der Waals surface area (Å²) in [4.78, 5) is 29.4. The van der Waals surface area contributed by atoms with Crippen LogP contribution in [0.25, 0.3) is 0 Å². The minimum Gasteiger partial charge on any atom is -0.351 e. The van der Waals surface area contributed by atoms with E-state index in [1.165, 1.54) is 0 Å². The second kappa shape index (κ2) is 5.88. The summed E-state index contributed by atoms with van der Waals surface area (Å²) in [6, 6.07) is 9.58. The van der Waals surface area contributed by atoms with E-state index in [0.717, 1.165) is 5.56 Å². The van der Waals surface area contributed by atoms with Gasteiger partial charge in [0.2, 0.25) is 11.8 Å². The molecule has 0 radical (unpaired) electrons. The summed E-state index contributed by atoms with van der Waals surface area (Å²) >= 11 is 0. The number of benzene rings is 1. The van der Waals surface area contributed by atoms with Gasteiger partial charge in [-0.15, -0.1) is 0 Å². The molecule has 140 valence electrons. The number of hydrogen-bond acceptors (Lipinski definition) is 6. The van der Waals surface area contributed by atoms with Crippen molar-refractivity contribution in [2.75, 3.05) is 13.2 Å². The minimum absolute atomic E-state index is 0.0446. The van der Waals surface area contributed by atoms with Crippen LogP contribution in [0.3, 0.4) is 0 Å². The third-order valence-electron chi connectivity index (χ3n) is 6.02. The molecule has 0 N–H and O–H groups in total. The molecule has 8 heteroatoms. The fraction of sp³-hybridized carbons (Fsp3) is 0.474. The Morgan fingerprint density at radius 2 is 2.11 bits per heavy atom. The summed E-state index contributed by atoms with van der Waals surface area (Å²) in [6.07, 6.45) is 1.05. The van der Waals surface area contributed by atoms with E-state index in [9.17, 15) is 9.59 Å². The zero-order valence-corrected chi connectivity index (χ0v) is 15.0. The van der Waals surface area contributed by atoms with Crippen molar-refractivity contribution >= 4 is 11.8 Å². The van der Waals surface area contributed by atoms with Crippen molar-refractivity contribution in [2.24, 2.45) is 0 Å². The summed E-state index contributed by atoms with van der Waals surface area (Å²) in [6.45, 7) is 2.79. The Hall–Kier alpha value is -2.74. The number of likely N-dealkylation sites (tertiary alicyclic amines) is 1. The highest BCUT2D eigenvalue weighted by atomic mass is 16.6. The average molecular weight is 368 g/mol. The van der Waals surface area contributed by atoms with E-state index < -0.39 is 5.72 Å². The molecule has 3 aliphatic heterocycles. The third kappa shape index (κ3) is 2.32. The van der Waals surface area contributed by atoms with Gasteiger partial charge in [-0.1, -0.05) is 40.6 Å². The number of aryl methyl sites for hydroxylation is 1. The first kappa shape index (κ1) is 16.4. The molecule has 1 aromatic heterocycles. The third-order valence-corrected chi connectivity index (χ3v) is 6.02. The molecule has 0 unspecified atom stereocenters. The van der Waals surface area contributed by atoms with E-state index in [4.69, 9.17) is 4.74 Å². The van der Waals surface area contributed by atoms with Gasteiger partial charge in [-0.25, -0.2) is 4.63 Å². The molecule has 3 fully saturated rings. The van der Waals surface area contributed by atoms with Gasteiger partial charge in [0.05, 0.1) is 31.5 Å². The van der Waals surface area contributed by atoms with E-state index >= 15 is 0 Å². The zero-order chi connectivity index (χ0) is 18.6. The first-order chi connectivity index (χ1) is 13.1. The summed E-state index contributed by atoms with van der Waals surface area (Å²) in [5.41, 5.74) is 1.52. The number of hydrogen-bond donors (Lipinski definition) is 0. The lowest BCUT2D eigenvalue weighted by Crippen LogP contribution is -2.49. The Labute approximate surface area is 156 Å². The van der Waals surface area contributed by atoms with Gasteiger partial charge in [-0.05, 0) is 12.5 Å². The Kier molecular flexibility index (Phi) is 3.58. The van der Waals surface area contributed by atoms with Crippen LogP contribution in [-0.4, -0.2) is 56.8 Å². The SMILES string of the molecule is Cc1nonc1CC(=O)N1CC[C@@]23OC[C@@H](c4ccccc4)N2C(=O)C[C@@H]13. The van der Waals surface area contributed by atoms with Gasteiger partial charge < -0.3 is 14.5 Å². The van der Waals surface area contributed by atoms with Crippen molar-refractivity contribution in [1.29, 1.82) is 0 Å². The molecule has 0 aliphatic carbocycles. The average Bonchev–Trinajstić information content (AvgIpc) is 3.39. The topological polar surface area (TPSA) is 88.8 Å². The van der Waals surface area contributed by atoms with Crippen LogP contribution in [0, 0.1) is 6.92 Å². The second-order valence-electron chi connectivity index (χ2n) is 7.38. The quantitative estimate of drug-likeness (QED) is 0.809. The second-order valence-corrected chi connectivity index (χ2v) is 7.38. The Balaban J connectivity index is 1.41. The largest absolute Gasteiger partial charge is 0.351 e. The van der Waals surface area contributed by atoms with Crippen LogP contribution in [0.5, 0.6) is 0 Å². The number of ether oxygens (including phenoxy) is 1. The molecule has 1 spiro atoms. The standard InChI is InChI=1S/C19H20N4O4/c1-12-14(21-27-20-12)9-17(24)22-8-7-19-16(22)10-18(25)23(19)15(11-26-19)13-5-3-2-4-6-13/h2-6,15-16H,7-11H2,1H3/t15-,16+,19-/m0/s1. The Morgan fingerprint density at radius 1 is 1.30 bits per heavy atom. The fourth-order valence-electron chi connectivity index (χ4n) is 4.72. The maximum Gasteiger partial charge on any atom is 0.229 e. The molecule has 0 bridgehead atoms. The lowest BCUT2D eigenvalue weighted by atomic mass is 10.0. The molecule has 4 heterocycles. The molecule has 3 aliphatic rings. The minimum atomic E-state index is -0.704. The number of nitrogens with zero attached hydrogens (tertiary/aromatic N) is 4. The van der Waals surface area contributed by atoms with E-state index in [0.29, 0.717) is 37.4 Å². The van der Waals surface area contributed by atoms with E-state index in [-0.39, 0.29) is 30.3 Å². The van der Waals surface area contributed by atoms with Gasteiger partial charge in [0.1, 0.15) is 11.4 Å². The molecule has 8 nitrogen and oxygen atoms in total. The zero-order valence-electron chi connectivity index (χ0n) is 15.0. The van der Waals surface area contributed by atoms with Crippen molar-refractivity contribution < 1.29 is 19.0 Å².